The van der Waals surface area contributed by atoms with E-state index in [1.54, 1.807) is 0 Å². The molecule has 1 atom stereocenters. The molecule has 0 bridgehead atoms. The van der Waals surface area contributed by atoms with Crippen molar-refractivity contribution in [1.82, 2.24) is 0 Å². The van der Waals surface area contributed by atoms with Crippen LogP contribution in [0.4, 0.5) is 0 Å². The third kappa shape index (κ3) is 2.02. The first kappa shape index (κ1) is 9.67. The molecule has 16 heavy (non-hydrogen) atoms. The van der Waals surface area contributed by atoms with Crippen LogP contribution >= 0.6 is 0 Å². The van der Waals surface area contributed by atoms with Gasteiger partial charge < -0.3 is 9.47 Å². The summed E-state index contributed by atoms with van der Waals surface area (Å²) in [6, 6.07) is 8.05. The Kier molecular flexibility index (Phi) is 2.50. The van der Waals surface area contributed by atoms with E-state index in [-0.39, 0.29) is 6.10 Å². The number of para-hydroxylation sites is 1. The van der Waals surface area contributed by atoms with Gasteiger partial charge in [-0.1, -0.05) is 24.3 Å². The van der Waals surface area contributed by atoms with E-state index < -0.39 is 0 Å². The Morgan fingerprint density at radius 3 is 2.88 bits per heavy atom. The molecule has 1 saturated heterocycles. The molecule has 0 amide bonds. The molecular formula is C14H13O2. The van der Waals surface area contributed by atoms with E-state index in [4.69, 9.17) is 9.47 Å². The lowest BCUT2D eigenvalue weighted by Gasteiger charge is -2.12. The van der Waals surface area contributed by atoms with Crippen LogP contribution in [0.1, 0.15) is 18.1 Å². The summed E-state index contributed by atoms with van der Waals surface area (Å²) in [7, 11) is 0. The number of rotatable bonds is 3. The van der Waals surface area contributed by atoms with E-state index in [2.05, 4.69) is 18.6 Å². The molecular weight excluding hydrogens is 200 g/mol. The van der Waals surface area contributed by atoms with Crippen LogP contribution in [0.15, 0.2) is 48.3 Å². The fraction of sp³-hybridized carbons (Fsp3) is 0.214. The summed E-state index contributed by atoms with van der Waals surface area (Å²) in [5.74, 6) is 1.82. The van der Waals surface area contributed by atoms with Gasteiger partial charge in [0.1, 0.15) is 17.6 Å². The summed E-state index contributed by atoms with van der Waals surface area (Å²) in [6.45, 7) is 0.809. The Bertz CT molecular complexity index is 442. The van der Waals surface area contributed by atoms with Crippen LogP contribution < -0.4 is 4.74 Å². The average molecular weight is 213 g/mol. The number of allylic oxidation sites excluding steroid dienone is 3. The van der Waals surface area contributed by atoms with Gasteiger partial charge in [0, 0.05) is 5.56 Å². The second-order valence-corrected chi connectivity index (χ2v) is 3.90. The SMILES string of the molecule is [CH]1C=CC(Oc2ccccc2C2CO2)=CC1. The molecule has 1 unspecified atom stereocenters. The first-order chi connectivity index (χ1) is 7.93. The predicted octanol–water partition coefficient (Wildman–Crippen LogP) is 3.18. The summed E-state index contributed by atoms with van der Waals surface area (Å²) in [5.41, 5.74) is 1.14. The van der Waals surface area contributed by atoms with Gasteiger partial charge in [0.2, 0.25) is 0 Å². The van der Waals surface area contributed by atoms with E-state index >= 15 is 0 Å². The number of hydrogen-bond acceptors (Lipinski definition) is 2. The van der Waals surface area contributed by atoms with Crippen molar-refractivity contribution in [3.05, 3.63) is 60.2 Å². The smallest absolute Gasteiger partial charge is 0.133 e. The molecule has 2 heteroatoms. The molecule has 1 radical (unpaired) electrons. The molecule has 2 aliphatic rings. The summed E-state index contributed by atoms with van der Waals surface area (Å²) in [4.78, 5) is 0. The maximum absolute atomic E-state index is 5.86. The van der Waals surface area contributed by atoms with Crippen molar-refractivity contribution in [3.63, 3.8) is 0 Å². The zero-order chi connectivity index (χ0) is 10.8. The van der Waals surface area contributed by atoms with Gasteiger partial charge in [-0.3, -0.25) is 0 Å². The highest BCUT2D eigenvalue weighted by Gasteiger charge is 2.28. The summed E-state index contributed by atoms with van der Waals surface area (Å²) in [5, 5.41) is 0. The highest BCUT2D eigenvalue weighted by Crippen LogP contribution is 2.36. The van der Waals surface area contributed by atoms with Crippen molar-refractivity contribution in [2.24, 2.45) is 0 Å². The molecule has 0 spiro atoms. The van der Waals surface area contributed by atoms with E-state index in [1.807, 2.05) is 30.4 Å². The Morgan fingerprint density at radius 2 is 2.12 bits per heavy atom. The fourth-order valence-electron chi connectivity index (χ4n) is 1.76. The molecule has 1 fully saturated rings. The molecule has 2 nitrogen and oxygen atoms in total. The standard InChI is InChI=1S/C14H13O2/c1-2-6-11(7-3-1)16-13-9-5-4-8-12(13)14-10-15-14/h1-2,4-9,14H,3,10H2. The second-order valence-electron chi connectivity index (χ2n) is 3.90. The molecule has 1 aliphatic carbocycles. The van der Waals surface area contributed by atoms with Crippen LogP contribution in [0.5, 0.6) is 5.75 Å². The molecule has 1 heterocycles. The number of ether oxygens (including phenoxy) is 2. The fourth-order valence-corrected chi connectivity index (χ4v) is 1.76. The largest absolute Gasteiger partial charge is 0.457 e. The zero-order valence-electron chi connectivity index (χ0n) is 8.93. The van der Waals surface area contributed by atoms with Gasteiger partial charge in [-0.05, 0) is 31.1 Å². The molecule has 3 rings (SSSR count). The minimum atomic E-state index is 0.232. The summed E-state index contributed by atoms with van der Waals surface area (Å²) in [6.07, 6.45) is 9.34. The Hall–Kier alpha value is -1.54. The maximum Gasteiger partial charge on any atom is 0.133 e. The van der Waals surface area contributed by atoms with Gasteiger partial charge in [0.25, 0.3) is 0 Å². The lowest BCUT2D eigenvalue weighted by Crippen LogP contribution is -1.98. The number of epoxide rings is 1. The Morgan fingerprint density at radius 1 is 1.25 bits per heavy atom. The molecule has 0 N–H and O–H groups in total. The van der Waals surface area contributed by atoms with Crippen LogP contribution in [-0.2, 0) is 4.74 Å². The van der Waals surface area contributed by atoms with Gasteiger partial charge in [0.05, 0.1) is 6.61 Å². The third-order valence-corrected chi connectivity index (χ3v) is 2.68. The van der Waals surface area contributed by atoms with Crippen LogP contribution in [-0.4, -0.2) is 6.61 Å². The van der Waals surface area contributed by atoms with E-state index in [9.17, 15) is 0 Å². The van der Waals surface area contributed by atoms with Crippen molar-refractivity contribution in [3.8, 4) is 5.75 Å². The lowest BCUT2D eigenvalue weighted by molar-refractivity contribution is 0.394. The highest BCUT2D eigenvalue weighted by atomic mass is 16.6. The van der Waals surface area contributed by atoms with Gasteiger partial charge in [-0.2, -0.15) is 0 Å². The van der Waals surface area contributed by atoms with Crippen LogP contribution in [0.25, 0.3) is 0 Å². The molecule has 1 aliphatic heterocycles. The van der Waals surface area contributed by atoms with Crippen molar-refractivity contribution >= 4 is 0 Å². The number of hydrogen-bond donors (Lipinski definition) is 0. The average Bonchev–Trinajstić information content (AvgIpc) is 3.15. The predicted molar refractivity (Wildman–Crippen MR) is 61.9 cm³/mol. The second kappa shape index (κ2) is 4.14. The Balaban J connectivity index is 1.83. The molecule has 81 valence electrons. The molecule has 1 aromatic rings. The van der Waals surface area contributed by atoms with Crippen LogP contribution in [0.3, 0.4) is 0 Å². The molecule has 0 saturated carbocycles. The molecule has 1 aromatic carbocycles. The van der Waals surface area contributed by atoms with E-state index in [0.717, 1.165) is 30.1 Å². The van der Waals surface area contributed by atoms with Gasteiger partial charge >= 0.3 is 0 Å². The van der Waals surface area contributed by atoms with Gasteiger partial charge in [-0.25, -0.2) is 0 Å². The lowest BCUT2D eigenvalue weighted by atomic mass is 10.1. The van der Waals surface area contributed by atoms with Crippen molar-refractivity contribution in [2.45, 2.75) is 12.5 Å². The van der Waals surface area contributed by atoms with Crippen LogP contribution in [0.2, 0.25) is 0 Å². The van der Waals surface area contributed by atoms with Crippen molar-refractivity contribution < 1.29 is 9.47 Å². The van der Waals surface area contributed by atoms with Crippen molar-refractivity contribution in [2.75, 3.05) is 6.61 Å². The normalized spacial score (nSPS) is 22.8. The number of benzene rings is 1. The first-order valence-corrected chi connectivity index (χ1v) is 5.52. The zero-order valence-corrected chi connectivity index (χ0v) is 8.93. The highest BCUT2D eigenvalue weighted by molar-refractivity contribution is 5.39. The topological polar surface area (TPSA) is 21.8 Å². The van der Waals surface area contributed by atoms with Crippen molar-refractivity contribution in [1.29, 1.82) is 0 Å². The summed E-state index contributed by atoms with van der Waals surface area (Å²) < 4.78 is 11.2. The first-order valence-electron chi connectivity index (χ1n) is 5.52. The Labute approximate surface area is 95.2 Å². The maximum atomic E-state index is 5.86. The third-order valence-electron chi connectivity index (χ3n) is 2.68. The monoisotopic (exact) mass is 213 g/mol. The van der Waals surface area contributed by atoms with Crippen LogP contribution in [0, 0.1) is 6.42 Å². The minimum Gasteiger partial charge on any atom is -0.457 e. The van der Waals surface area contributed by atoms with Gasteiger partial charge in [-0.15, -0.1) is 0 Å². The quantitative estimate of drug-likeness (QED) is 0.719. The van der Waals surface area contributed by atoms with Gasteiger partial charge in [0.15, 0.2) is 0 Å². The summed E-state index contributed by atoms with van der Waals surface area (Å²) >= 11 is 0. The van der Waals surface area contributed by atoms with E-state index in [0.29, 0.717) is 0 Å². The molecule has 0 aromatic heterocycles. The van der Waals surface area contributed by atoms with E-state index in [1.165, 1.54) is 0 Å². The minimum absolute atomic E-state index is 0.232.